The molecule has 0 heterocycles. The van der Waals surface area contributed by atoms with Crippen molar-refractivity contribution in [1.29, 1.82) is 0 Å². The minimum Gasteiger partial charge on any atom is -0.495 e. The van der Waals surface area contributed by atoms with Crippen LogP contribution in [-0.2, 0) is 6.54 Å². The lowest BCUT2D eigenvalue weighted by Gasteiger charge is -2.22. The van der Waals surface area contributed by atoms with E-state index in [0.717, 1.165) is 17.0 Å². The highest BCUT2D eigenvalue weighted by molar-refractivity contribution is 5.89. The van der Waals surface area contributed by atoms with Gasteiger partial charge in [0.1, 0.15) is 5.75 Å². The van der Waals surface area contributed by atoms with E-state index in [1.165, 1.54) is 0 Å². The maximum Gasteiger partial charge on any atom is 0.336 e. The van der Waals surface area contributed by atoms with E-state index in [4.69, 9.17) is 4.74 Å². The third-order valence-electron chi connectivity index (χ3n) is 3.15. The number of ether oxygens (including phenoxy) is 1. The van der Waals surface area contributed by atoms with Gasteiger partial charge in [-0.05, 0) is 23.8 Å². The number of nitrogens with zero attached hydrogens (tertiary/aromatic N) is 1. The second kappa shape index (κ2) is 6.10. The third kappa shape index (κ3) is 2.91. The topological polar surface area (TPSA) is 49.8 Å². The molecule has 0 spiro atoms. The van der Waals surface area contributed by atoms with E-state index in [9.17, 15) is 9.90 Å². The molecule has 0 aliphatic heterocycles. The number of rotatable bonds is 5. The molecule has 0 aliphatic rings. The van der Waals surface area contributed by atoms with Gasteiger partial charge in [-0.15, -0.1) is 0 Å². The molecule has 1 N–H and O–H groups in total. The van der Waals surface area contributed by atoms with Crippen LogP contribution in [-0.4, -0.2) is 25.2 Å². The number of methoxy groups -OCH3 is 1. The van der Waals surface area contributed by atoms with Crippen molar-refractivity contribution in [3.05, 3.63) is 59.7 Å². The Labute approximate surface area is 118 Å². The van der Waals surface area contributed by atoms with Crippen LogP contribution in [0.1, 0.15) is 15.9 Å². The minimum absolute atomic E-state index is 0.328. The van der Waals surface area contributed by atoms with Gasteiger partial charge in [0.2, 0.25) is 0 Å². The predicted molar refractivity (Wildman–Crippen MR) is 78.5 cm³/mol. The molecule has 0 unspecified atom stereocenters. The highest BCUT2D eigenvalue weighted by Crippen LogP contribution is 2.28. The fourth-order valence-corrected chi connectivity index (χ4v) is 2.15. The Hall–Kier alpha value is -2.49. The maximum atomic E-state index is 11.2. The fourth-order valence-electron chi connectivity index (χ4n) is 2.15. The summed E-state index contributed by atoms with van der Waals surface area (Å²) in [6.07, 6.45) is 0. The maximum absolute atomic E-state index is 11.2. The normalized spacial score (nSPS) is 10.1. The zero-order chi connectivity index (χ0) is 14.5. The Morgan fingerprint density at radius 3 is 2.50 bits per heavy atom. The summed E-state index contributed by atoms with van der Waals surface area (Å²) in [6, 6.07) is 14.7. The lowest BCUT2D eigenvalue weighted by Crippen LogP contribution is -2.19. The van der Waals surface area contributed by atoms with Crippen LogP contribution in [0.3, 0.4) is 0 Å². The van der Waals surface area contributed by atoms with Crippen LogP contribution in [0, 0.1) is 0 Å². The molecule has 0 saturated carbocycles. The smallest absolute Gasteiger partial charge is 0.336 e. The second-order valence-corrected chi connectivity index (χ2v) is 4.49. The highest BCUT2D eigenvalue weighted by Gasteiger charge is 2.13. The number of hydrogen-bond donors (Lipinski definition) is 1. The van der Waals surface area contributed by atoms with Gasteiger partial charge in [0.25, 0.3) is 0 Å². The van der Waals surface area contributed by atoms with Gasteiger partial charge in [-0.1, -0.05) is 30.3 Å². The first-order chi connectivity index (χ1) is 9.63. The molecule has 104 valence electrons. The average molecular weight is 271 g/mol. The summed E-state index contributed by atoms with van der Waals surface area (Å²) in [6.45, 7) is 0.503. The van der Waals surface area contributed by atoms with Crippen molar-refractivity contribution in [3.8, 4) is 5.75 Å². The molecule has 2 rings (SSSR count). The molecule has 0 atom stereocenters. The van der Waals surface area contributed by atoms with Crippen molar-refractivity contribution < 1.29 is 14.6 Å². The molecule has 20 heavy (non-hydrogen) atoms. The van der Waals surface area contributed by atoms with Crippen LogP contribution >= 0.6 is 0 Å². The zero-order valence-corrected chi connectivity index (χ0v) is 11.5. The number of aromatic carboxylic acids is 1. The third-order valence-corrected chi connectivity index (χ3v) is 3.15. The largest absolute Gasteiger partial charge is 0.495 e. The van der Waals surface area contributed by atoms with E-state index in [1.807, 2.05) is 48.3 Å². The van der Waals surface area contributed by atoms with Crippen molar-refractivity contribution in [2.24, 2.45) is 0 Å². The number of hydrogen-bond acceptors (Lipinski definition) is 3. The average Bonchev–Trinajstić information content (AvgIpc) is 2.47. The lowest BCUT2D eigenvalue weighted by atomic mass is 10.1. The van der Waals surface area contributed by atoms with Crippen LogP contribution < -0.4 is 9.64 Å². The number of carbonyl (C=O) groups is 1. The summed E-state index contributed by atoms with van der Waals surface area (Å²) < 4.78 is 5.32. The molecule has 0 saturated heterocycles. The molecule has 2 aromatic rings. The first kappa shape index (κ1) is 13.9. The predicted octanol–water partition coefficient (Wildman–Crippen LogP) is 3.03. The van der Waals surface area contributed by atoms with Gasteiger partial charge in [0.15, 0.2) is 0 Å². The number of carboxylic acid groups (broad SMARTS) is 1. The Morgan fingerprint density at radius 1 is 1.15 bits per heavy atom. The van der Waals surface area contributed by atoms with Crippen molar-refractivity contribution >= 4 is 11.7 Å². The van der Waals surface area contributed by atoms with E-state index in [0.29, 0.717) is 12.1 Å². The van der Waals surface area contributed by atoms with Gasteiger partial charge < -0.3 is 14.7 Å². The number of anilines is 1. The van der Waals surface area contributed by atoms with E-state index in [1.54, 1.807) is 19.2 Å². The van der Waals surface area contributed by atoms with E-state index < -0.39 is 5.97 Å². The first-order valence-corrected chi connectivity index (χ1v) is 6.29. The van der Waals surface area contributed by atoms with E-state index >= 15 is 0 Å². The first-order valence-electron chi connectivity index (χ1n) is 6.29. The van der Waals surface area contributed by atoms with Crippen molar-refractivity contribution in [2.75, 3.05) is 19.1 Å². The van der Waals surface area contributed by atoms with Gasteiger partial charge in [-0.25, -0.2) is 4.79 Å². The summed E-state index contributed by atoms with van der Waals surface area (Å²) in [4.78, 5) is 13.2. The monoisotopic (exact) mass is 271 g/mol. The summed E-state index contributed by atoms with van der Waals surface area (Å²) in [7, 11) is 3.54. The van der Waals surface area contributed by atoms with Gasteiger partial charge in [0, 0.05) is 13.6 Å². The van der Waals surface area contributed by atoms with Gasteiger partial charge in [-0.2, -0.15) is 0 Å². The molecule has 2 aromatic carbocycles. The fraction of sp³-hybridized carbons (Fsp3) is 0.188. The van der Waals surface area contributed by atoms with Crippen LogP contribution in [0.2, 0.25) is 0 Å². The van der Waals surface area contributed by atoms with E-state index in [2.05, 4.69) is 0 Å². The summed E-state index contributed by atoms with van der Waals surface area (Å²) in [5.41, 5.74) is 2.03. The Bertz CT molecular complexity index is 610. The quantitative estimate of drug-likeness (QED) is 0.908. The molecule has 4 nitrogen and oxygen atoms in total. The van der Waals surface area contributed by atoms with Crippen molar-refractivity contribution in [1.82, 2.24) is 0 Å². The second-order valence-electron chi connectivity index (χ2n) is 4.49. The summed E-state index contributed by atoms with van der Waals surface area (Å²) >= 11 is 0. The van der Waals surface area contributed by atoms with Crippen LogP contribution in [0.25, 0.3) is 0 Å². The van der Waals surface area contributed by atoms with Gasteiger partial charge in [0.05, 0.1) is 18.4 Å². The van der Waals surface area contributed by atoms with Gasteiger partial charge in [-0.3, -0.25) is 0 Å². The molecule has 0 fully saturated rings. The molecule has 0 radical (unpaired) electrons. The standard InChI is InChI=1S/C16H17NO3/c1-17(14-9-5-6-10-15(14)20-2)11-12-7-3-4-8-13(12)16(18)19/h3-10H,11H2,1-2H3,(H,18,19). The Kier molecular flexibility index (Phi) is 4.25. The van der Waals surface area contributed by atoms with Crippen LogP contribution in [0.4, 0.5) is 5.69 Å². The Balaban J connectivity index is 2.28. The highest BCUT2D eigenvalue weighted by atomic mass is 16.5. The van der Waals surface area contributed by atoms with Crippen molar-refractivity contribution in [2.45, 2.75) is 6.54 Å². The van der Waals surface area contributed by atoms with Gasteiger partial charge >= 0.3 is 5.97 Å². The van der Waals surface area contributed by atoms with Crippen molar-refractivity contribution in [3.63, 3.8) is 0 Å². The number of para-hydroxylation sites is 2. The Morgan fingerprint density at radius 2 is 1.80 bits per heavy atom. The molecule has 0 aliphatic carbocycles. The van der Waals surface area contributed by atoms with Crippen LogP contribution in [0.5, 0.6) is 5.75 Å². The molecular formula is C16H17NO3. The number of carboxylic acids is 1. The molecule has 0 aromatic heterocycles. The number of benzene rings is 2. The molecule has 0 bridgehead atoms. The minimum atomic E-state index is -0.908. The summed E-state index contributed by atoms with van der Waals surface area (Å²) in [5, 5.41) is 9.21. The van der Waals surface area contributed by atoms with E-state index in [-0.39, 0.29) is 0 Å². The summed E-state index contributed by atoms with van der Waals surface area (Å²) in [5.74, 6) is -0.142. The molecule has 4 heteroatoms. The molecule has 0 amide bonds. The lowest BCUT2D eigenvalue weighted by molar-refractivity contribution is 0.0695. The molecular weight excluding hydrogens is 254 g/mol. The SMILES string of the molecule is COc1ccccc1N(C)Cc1ccccc1C(=O)O. The zero-order valence-electron chi connectivity index (χ0n) is 11.5. The van der Waals surface area contributed by atoms with Crippen LogP contribution in [0.15, 0.2) is 48.5 Å².